The zero-order chi connectivity index (χ0) is 11.5. The molecule has 0 atom stereocenters. The van der Waals surface area contributed by atoms with Crippen LogP contribution in [0.25, 0.3) is 0 Å². The molecule has 0 aromatic rings. The summed E-state index contributed by atoms with van der Waals surface area (Å²) in [6.07, 6.45) is 3.13. The standard InChI is InChI=1S/C11H18ClNO2/c1-11(2)8-9(14)13(10(11)15)7-5-3-4-6-12/h3-8H2,1-2H3. The predicted octanol–water partition coefficient (Wildman–Crippen LogP) is 2.18. The van der Waals surface area contributed by atoms with E-state index in [0.717, 1.165) is 19.3 Å². The van der Waals surface area contributed by atoms with Crippen molar-refractivity contribution in [3.63, 3.8) is 0 Å². The minimum absolute atomic E-state index is 0.0293. The van der Waals surface area contributed by atoms with Gasteiger partial charge in [0.1, 0.15) is 0 Å². The van der Waals surface area contributed by atoms with E-state index in [1.54, 1.807) is 0 Å². The van der Waals surface area contributed by atoms with Gasteiger partial charge in [0.25, 0.3) is 0 Å². The number of hydrogen-bond donors (Lipinski definition) is 0. The lowest BCUT2D eigenvalue weighted by molar-refractivity contribution is -0.140. The first-order valence-electron chi connectivity index (χ1n) is 5.40. The molecule has 1 saturated heterocycles. The van der Waals surface area contributed by atoms with Gasteiger partial charge in [0, 0.05) is 18.8 Å². The molecule has 4 heteroatoms. The maximum absolute atomic E-state index is 11.8. The van der Waals surface area contributed by atoms with E-state index >= 15 is 0 Å². The second-order valence-corrected chi connectivity index (χ2v) is 5.04. The van der Waals surface area contributed by atoms with Crippen molar-refractivity contribution in [2.75, 3.05) is 12.4 Å². The SMILES string of the molecule is CC1(C)CC(=O)N(CCCCCCl)C1=O. The maximum Gasteiger partial charge on any atom is 0.235 e. The average Bonchev–Trinajstić information content (AvgIpc) is 2.33. The van der Waals surface area contributed by atoms with Crippen LogP contribution in [0.1, 0.15) is 39.5 Å². The molecule has 1 aliphatic heterocycles. The van der Waals surface area contributed by atoms with Gasteiger partial charge < -0.3 is 0 Å². The number of imide groups is 1. The minimum atomic E-state index is -0.496. The van der Waals surface area contributed by atoms with Crippen LogP contribution in [0.15, 0.2) is 0 Å². The molecular weight excluding hydrogens is 214 g/mol. The third kappa shape index (κ3) is 2.94. The number of alkyl halides is 1. The van der Waals surface area contributed by atoms with Gasteiger partial charge in [0.05, 0.1) is 5.41 Å². The van der Waals surface area contributed by atoms with Crippen LogP contribution in [0, 0.1) is 5.41 Å². The van der Waals surface area contributed by atoms with Gasteiger partial charge in [0.15, 0.2) is 0 Å². The molecule has 0 spiro atoms. The van der Waals surface area contributed by atoms with Crippen LogP contribution >= 0.6 is 11.6 Å². The highest BCUT2D eigenvalue weighted by molar-refractivity contribution is 6.17. The Morgan fingerprint density at radius 2 is 1.93 bits per heavy atom. The molecule has 1 aliphatic rings. The largest absolute Gasteiger partial charge is 0.282 e. The van der Waals surface area contributed by atoms with Crippen molar-refractivity contribution < 1.29 is 9.59 Å². The molecule has 0 aromatic carbocycles. The Labute approximate surface area is 95.8 Å². The molecule has 0 aliphatic carbocycles. The first-order chi connectivity index (χ1) is 6.99. The van der Waals surface area contributed by atoms with Gasteiger partial charge in [0.2, 0.25) is 11.8 Å². The molecule has 0 bridgehead atoms. The first-order valence-corrected chi connectivity index (χ1v) is 5.93. The van der Waals surface area contributed by atoms with E-state index in [4.69, 9.17) is 11.6 Å². The van der Waals surface area contributed by atoms with E-state index in [1.807, 2.05) is 13.8 Å². The molecule has 0 saturated carbocycles. The van der Waals surface area contributed by atoms with Crippen molar-refractivity contribution in [1.29, 1.82) is 0 Å². The summed E-state index contributed by atoms with van der Waals surface area (Å²) in [4.78, 5) is 24.7. The van der Waals surface area contributed by atoms with E-state index in [9.17, 15) is 9.59 Å². The number of amides is 2. The van der Waals surface area contributed by atoms with E-state index in [2.05, 4.69) is 0 Å². The Kier molecular flexibility index (Phi) is 4.14. The molecule has 0 N–H and O–H groups in total. The Morgan fingerprint density at radius 3 is 2.40 bits per heavy atom. The average molecular weight is 232 g/mol. The van der Waals surface area contributed by atoms with Crippen LogP contribution in [0.4, 0.5) is 0 Å². The molecule has 86 valence electrons. The number of nitrogens with zero attached hydrogens (tertiary/aromatic N) is 1. The number of unbranched alkanes of at least 4 members (excludes halogenated alkanes) is 2. The third-order valence-electron chi connectivity index (χ3n) is 2.73. The van der Waals surface area contributed by atoms with Crippen LogP contribution in [0.3, 0.4) is 0 Å². The normalized spacial score (nSPS) is 20.1. The van der Waals surface area contributed by atoms with E-state index in [0.29, 0.717) is 18.8 Å². The monoisotopic (exact) mass is 231 g/mol. The lowest BCUT2D eigenvalue weighted by Gasteiger charge is -2.17. The summed E-state index contributed by atoms with van der Waals surface area (Å²) < 4.78 is 0. The van der Waals surface area contributed by atoms with Crippen LogP contribution in [0.5, 0.6) is 0 Å². The summed E-state index contributed by atoms with van der Waals surface area (Å²) in [6.45, 7) is 4.20. The molecule has 1 rings (SSSR count). The molecule has 0 radical (unpaired) electrons. The second kappa shape index (κ2) is 4.97. The molecule has 3 nitrogen and oxygen atoms in total. The summed E-state index contributed by atoms with van der Waals surface area (Å²) in [5, 5.41) is 0. The van der Waals surface area contributed by atoms with Crippen molar-refractivity contribution in [3.05, 3.63) is 0 Å². The van der Waals surface area contributed by atoms with Gasteiger partial charge in [-0.2, -0.15) is 0 Å². The Bertz CT molecular complexity index is 263. The lowest BCUT2D eigenvalue weighted by Crippen LogP contribution is -2.33. The topological polar surface area (TPSA) is 37.4 Å². The zero-order valence-corrected chi connectivity index (χ0v) is 10.1. The predicted molar refractivity (Wildman–Crippen MR) is 59.7 cm³/mol. The summed E-state index contributed by atoms with van der Waals surface area (Å²) in [7, 11) is 0. The fourth-order valence-corrected chi connectivity index (χ4v) is 1.98. The molecule has 15 heavy (non-hydrogen) atoms. The van der Waals surface area contributed by atoms with Crippen molar-refractivity contribution in [1.82, 2.24) is 4.90 Å². The summed E-state index contributed by atoms with van der Waals surface area (Å²) >= 11 is 5.55. The summed E-state index contributed by atoms with van der Waals surface area (Å²) in [6, 6.07) is 0. The Morgan fingerprint density at radius 1 is 1.27 bits per heavy atom. The Balaban J connectivity index is 2.42. The Hall–Kier alpha value is -0.570. The fraction of sp³-hybridized carbons (Fsp3) is 0.818. The van der Waals surface area contributed by atoms with Crippen molar-refractivity contribution in [2.45, 2.75) is 39.5 Å². The molecular formula is C11H18ClNO2. The highest BCUT2D eigenvalue weighted by Crippen LogP contribution is 2.31. The van der Waals surface area contributed by atoms with Crippen molar-refractivity contribution in [3.8, 4) is 0 Å². The second-order valence-electron chi connectivity index (χ2n) is 4.66. The van der Waals surface area contributed by atoms with Gasteiger partial charge in [-0.3, -0.25) is 14.5 Å². The number of likely N-dealkylation sites (tertiary alicyclic amines) is 1. The van der Waals surface area contributed by atoms with E-state index < -0.39 is 5.41 Å². The highest BCUT2D eigenvalue weighted by Gasteiger charge is 2.44. The maximum atomic E-state index is 11.8. The molecule has 0 aromatic heterocycles. The van der Waals surface area contributed by atoms with Gasteiger partial charge in [-0.25, -0.2) is 0 Å². The van der Waals surface area contributed by atoms with Crippen LogP contribution < -0.4 is 0 Å². The van der Waals surface area contributed by atoms with Gasteiger partial charge in [-0.15, -0.1) is 11.6 Å². The van der Waals surface area contributed by atoms with Crippen molar-refractivity contribution >= 4 is 23.4 Å². The fourth-order valence-electron chi connectivity index (χ4n) is 1.80. The quantitative estimate of drug-likeness (QED) is 0.413. The molecule has 0 unspecified atom stereocenters. The number of carbonyl (C=O) groups is 2. The molecule has 2 amide bonds. The van der Waals surface area contributed by atoms with Gasteiger partial charge in [-0.1, -0.05) is 20.3 Å². The highest BCUT2D eigenvalue weighted by atomic mass is 35.5. The first kappa shape index (κ1) is 12.5. The number of rotatable bonds is 5. The zero-order valence-electron chi connectivity index (χ0n) is 9.38. The van der Waals surface area contributed by atoms with E-state index in [1.165, 1.54) is 4.90 Å². The number of halogens is 1. The van der Waals surface area contributed by atoms with Crippen LogP contribution in [-0.2, 0) is 9.59 Å². The van der Waals surface area contributed by atoms with Gasteiger partial charge >= 0.3 is 0 Å². The van der Waals surface area contributed by atoms with Gasteiger partial charge in [-0.05, 0) is 12.8 Å². The third-order valence-corrected chi connectivity index (χ3v) is 3.00. The summed E-state index contributed by atoms with van der Waals surface area (Å²) in [5.41, 5.74) is -0.496. The number of carbonyl (C=O) groups excluding carboxylic acids is 2. The molecule has 1 fully saturated rings. The van der Waals surface area contributed by atoms with E-state index in [-0.39, 0.29) is 11.8 Å². The molecule has 1 heterocycles. The smallest absolute Gasteiger partial charge is 0.235 e. The lowest BCUT2D eigenvalue weighted by atomic mass is 9.92. The summed E-state index contributed by atoms with van der Waals surface area (Å²) in [5.74, 6) is 0.585. The number of hydrogen-bond acceptors (Lipinski definition) is 2. The van der Waals surface area contributed by atoms with Crippen LogP contribution in [-0.4, -0.2) is 29.1 Å². The minimum Gasteiger partial charge on any atom is -0.282 e. The van der Waals surface area contributed by atoms with Crippen LogP contribution in [0.2, 0.25) is 0 Å². The van der Waals surface area contributed by atoms with Crippen molar-refractivity contribution in [2.24, 2.45) is 5.41 Å².